The van der Waals surface area contributed by atoms with E-state index >= 15 is 0 Å². The van der Waals surface area contributed by atoms with Crippen molar-refractivity contribution in [1.82, 2.24) is 5.32 Å². The van der Waals surface area contributed by atoms with Gasteiger partial charge in [-0.25, -0.2) is 0 Å². The van der Waals surface area contributed by atoms with E-state index in [0.29, 0.717) is 0 Å². The highest BCUT2D eigenvalue weighted by atomic mass is 31.0. The zero-order chi connectivity index (χ0) is 7.98. The van der Waals surface area contributed by atoms with Crippen LogP contribution in [-0.4, -0.2) is 19.1 Å². The summed E-state index contributed by atoms with van der Waals surface area (Å²) in [7, 11) is 3.70. The van der Waals surface area contributed by atoms with Crippen LogP contribution in [0.5, 0.6) is 0 Å². The first-order chi connectivity index (χ1) is 4.76. The largest absolute Gasteiger partial charge is 0.450 e. The van der Waals surface area contributed by atoms with Gasteiger partial charge in [0, 0.05) is 0 Å². The Morgan fingerprint density at radius 1 is 1.80 bits per heavy atom. The predicted molar refractivity (Wildman–Crippen MR) is 43.6 cm³/mol. The van der Waals surface area contributed by atoms with Gasteiger partial charge in [-0.1, -0.05) is 13.3 Å². The van der Waals surface area contributed by atoms with Crippen molar-refractivity contribution in [2.75, 3.05) is 7.05 Å². The first kappa shape index (κ1) is 9.86. The molecule has 4 heteroatoms. The molecule has 0 saturated heterocycles. The molecule has 0 amide bonds. The van der Waals surface area contributed by atoms with Crippen LogP contribution in [0, 0.1) is 0 Å². The van der Waals surface area contributed by atoms with Crippen LogP contribution in [-0.2, 0) is 9.32 Å². The Morgan fingerprint density at radius 2 is 2.40 bits per heavy atom. The summed E-state index contributed by atoms with van der Waals surface area (Å²) in [6.07, 6.45) is 1.80. The zero-order valence-electron chi connectivity index (χ0n) is 6.39. The summed E-state index contributed by atoms with van der Waals surface area (Å²) >= 11 is 0. The summed E-state index contributed by atoms with van der Waals surface area (Å²) in [4.78, 5) is 10.8. The van der Waals surface area contributed by atoms with E-state index in [1.54, 1.807) is 7.05 Å². The quantitative estimate of drug-likeness (QED) is 0.620. The Hall–Kier alpha value is -0.140. The molecule has 0 rings (SSSR count). The number of hydrogen-bond acceptors (Lipinski definition) is 3. The number of rotatable bonds is 4. The van der Waals surface area contributed by atoms with Crippen molar-refractivity contribution < 1.29 is 9.32 Å². The SMILES string of the molecule is CCCC(NC)C(=O)OP. The van der Waals surface area contributed by atoms with Gasteiger partial charge in [-0.2, -0.15) is 0 Å². The molecule has 2 unspecified atom stereocenters. The molecule has 1 N–H and O–H groups in total. The molecule has 0 aromatic carbocycles. The summed E-state index contributed by atoms with van der Waals surface area (Å²) in [5, 5.41) is 2.87. The monoisotopic (exact) mass is 163 g/mol. The van der Waals surface area contributed by atoms with Gasteiger partial charge in [0.1, 0.15) is 6.04 Å². The minimum Gasteiger partial charge on any atom is -0.450 e. The zero-order valence-corrected chi connectivity index (χ0v) is 7.54. The highest BCUT2D eigenvalue weighted by molar-refractivity contribution is 7.10. The van der Waals surface area contributed by atoms with Crippen LogP contribution in [0.15, 0.2) is 0 Å². The molecule has 0 aliphatic carbocycles. The molecule has 0 bridgehead atoms. The van der Waals surface area contributed by atoms with E-state index in [1.807, 2.05) is 16.4 Å². The fourth-order valence-electron chi connectivity index (χ4n) is 0.751. The van der Waals surface area contributed by atoms with Gasteiger partial charge in [-0.15, -0.1) is 0 Å². The molecule has 0 aromatic heterocycles. The second-order valence-electron chi connectivity index (χ2n) is 2.07. The Morgan fingerprint density at radius 3 is 2.70 bits per heavy atom. The van der Waals surface area contributed by atoms with Gasteiger partial charge in [0.25, 0.3) is 0 Å². The first-order valence-corrected chi connectivity index (χ1v) is 3.81. The molecule has 0 fully saturated rings. The Balaban J connectivity index is 3.68. The molecular weight excluding hydrogens is 149 g/mol. The lowest BCUT2D eigenvalue weighted by Crippen LogP contribution is -2.33. The lowest BCUT2D eigenvalue weighted by Gasteiger charge is -2.10. The van der Waals surface area contributed by atoms with Crippen molar-refractivity contribution in [3.63, 3.8) is 0 Å². The normalized spacial score (nSPS) is 12.7. The van der Waals surface area contributed by atoms with E-state index in [4.69, 9.17) is 0 Å². The van der Waals surface area contributed by atoms with Crippen LogP contribution in [0.1, 0.15) is 19.8 Å². The molecule has 0 heterocycles. The second kappa shape index (κ2) is 5.63. The molecule has 0 aliphatic heterocycles. The Kier molecular flexibility index (Phi) is 5.55. The van der Waals surface area contributed by atoms with Gasteiger partial charge in [-0.3, -0.25) is 4.79 Å². The summed E-state index contributed by atoms with van der Waals surface area (Å²) in [5.74, 6) is -0.214. The van der Waals surface area contributed by atoms with Gasteiger partial charge >= 0.3 is 5.97 Å². The number of carbonyl (C=O) groups excluding carboxylic acids is 1. The second-order valence-corrected chi connectivity index (χ2v) is 2.30. The van der Waals surface area contributed by atoms with Gasteiger partial charge in [0.05, 0.1) is 9.47 Å². The molecule has 0 spiro atoms. The van der Waals surface area contributed by atoms with E-state index in [9.17, 15) is 4.79 Å². The number of hydrogen-bond donors (Lipinski definition) is 1. The van der Waals surface area contributed by atoms with Gasteiger partial charge in [0.2, 0.25) is 0 Å². The molecule has 0 saturated carbocycles. The number of nitrogens with one attached hydrogen (secondary N) is 1. The van der Waals surface area contributed by atoms with Crippen molar-refractivity contribution >= 4 is 15.4 Å². The minimum atomic E-state index is -0.214. The smallest absolute Gasteiger partial charge is 0.325 e. The predicted octanol–water partition coefficient (Wildman–Crippen LogP) is 0.708. The maximum atomic E-state index is 10.8. The average molecular weight is 163 g/mol. The van der Waals surface area contributed by atoms with Gasteiger partial charge in [-0.05, 0) is 13.5 Å². The standard InChI is InChI=1S/C6H14NO2P/c1-3-4-5(7-2)6(8)9-10/h5,7H,3-4,10H2,1-2H3. The summed E-state index contributed by atoms with van der Waals surface area (Å²) in [6, 6.07) is -0.150. The Labute approximate surface area is 63.8 Å². The maximum Gasteiger partial charge on any atom is 0.325 e. The molecule has 0 aromatic rings. The third kappa shape index (κ3) is 3.14. The highest BCUT2D eigenvalue weighted by Gasteiger charge is 2.14. The van der Waals surface area contributed by atoms with E-state index in [0.717, 1.165) is 12.8 Å². The van der Waals surface area contributed by atoms with Crippen molar-refractivity contribution in [2.45, 2.75) is 25.8 Å². The minimum absolute atomic E-state index is 0.150. The average Bonchev–Trinajstić information content (AvgIpc) is 1.99. The Bertz CT molecular complexity index is 108. The molecule has 2 atom stereocenters. The topological polar surface area (TPSA) is 38.3 Å². The van der Waals surface area contributed by atoms with Gasteiger partial charge in [0.15, 0.2) is 0 Å². The molecular formula is C6H14NO2P. The fraction of sp³-hybridized carbons (Fsp3) is 0.833. The lowest BCUT2D eigenvalue weighted by molar-refractivity contribution is -0.135. The fourth-order valence-corrected chi connectivity index (χ4v) is 0.915. The van der Waals surface area contributed by atoms with E-state index in [-0.39, 0.29) is 12.0 Å². The van der Waals surface area contributed by atoms with Crippen molar-refractivity contribution in [2.24, 2.45) is 0 Å². The molecule has 10 heavy (non-hydrogen) atoms. The summed E-state index contributed by atoms with van der Waals surface area (Å²) < 4.78 is 4.47. The molecule has 0 radical (unpaired) electrons. The van der Waals surface area contributed by atoms with Crippen LogP contribution in [0.25, 0.3) is 0 Å². The number of carbonyl (C=O) groups is 1. The third-order valence-corrected chi connectivity index (χ3v) is 1.56. The van der Waals surface area contributed by atoms with Crippen LogP contribution in [0.4, 0.5) is 0 Å². The van der Waals surface area contributed by atoms with Gasteiger partial charge < -0.3 is 9.84 Å². The van der Waals surface area contributed by atoms with Crippen LogP contribution < -0.4 is 5.32 Å². The third-order valence-electron chi connectivity index (χ3n) is 1.33. The highest BCUT2D eigenvalue weighted by Crippen LogP contribution is 2.00. The lowest BCUT2D eigenvalue weighted by atomic mass is 10.2. The molecule has 0 aliphatic rings. The van der Waals surface area contributed by atoms with Crippen molar-refractivity contribution in [3.05, 3.63) is 0 Å². The van der Waals surface area contributed by atoms with Crippen LogP contribution in [0.2, 0.25) is 0 Å². The maximum absolute atomic E-state index is 10.8. The van der Waals surface area contributed by atoms with E-state index < -0.39 is 0 Å². The summed E-state index contributed by atoms with van der Waals surface area (Å²) in [5.41, 5.74) is 0. The summed E-state index contributed by atoms with van der Waals surface area (Å²) in [6.45, 7) is 2.03. The van der Waals surface area contributed by atoms with E-state index in [2.05, 4.69) is 9.84 Å². The number of likely N-dealkylation sites (N-methyl/N-ethyl adjacent to an activating group) is 1. The first-order valence-electron chi connectivity index (χ1n) is 3.34. The van der Waals surface area contributed by atoms with Crippen LogP contribution in [0.3, 0.4) is 0 Å². The van der Waals surface area contributed by atoms with E-state index in [1.165, 1.54) is 0 Å². The van der Waals surface area contributed by atoms with Crippen LogP contribution >= 0.6 is 9.47 Å². The molecule has 60 valence electrons. The van der Waals surface area contributed by atoms with Crippen molar-refractivity contribution in [1.29, 1.82) is 0 Å². The van der Waals surface area contributed by atoms with Crippen molar-refractivity contribution in [3.8, 4) is 0 Å². The molecule has 3 nitrogen and oxygen atoms in total.